The number of carbonyl (C=O) groups is 3. The minimum absolute atomic E-state index is 0.0248. The summed E-state index contributed by atoms with van der Waals surface area (Å²) in [5.41, 5.74) is 0. The molecule has 3 amide bonds. The molecule has 0 radical (unpaired) electrons. The molecule has 2 aliphatic heterocycles. The summed E-state index contributed by atoms with van der Waals surface area (Å²) in [7, 11) is 0. The van der Waals surface area contributed by atoms with Crippen LogP contribution in [0.25, 0.3) is 0 Å². The van der Waals surface area contributed by atoms with E-state index in [-0.39, 0.29) is 36.3 Å². The predicted molar refractivity (Wildman–Crippen MR) is 83.3 cm³/mol. The highest BCUT2D eigenvalue weighted by molar-refractivity contribution is 6.06. The standard InChI is InChI=1S/C17H26N2O4/c1-10(2)14-7-11(5-6-23-14)8-16(21)19(12-3-4-12)13-9-15(20)18-17(13)22/h10-14H,3-9H2,1-2H3,(H,18,20,22)/t11-,13+,14-/m0/s1. The number of hydrogen-bond acceptors (Lipinski definition) is 4. The van der Waals surface area contributed by atoms with Crippen LogP contribution in [0.15, 0.2) is 0 Å². The first-order chi connectivity index (χ1) is 11.0. The molecule has 3 rings (SSSR count). The van der Waals surface area contributed by atoms with Crippen LogP contribution in [0.3, 0.4) is 0 Å². The molecule has 2 heterocycles. The Hall–Kier alpha value is -1.43. The van der Waals surface area contributed by atoms with Gasteiger partial charge in [0.15, 0.2) is 0 Å². The van der Waals surface area contributed by atoms with Crippen molar-refractivity contribution in [1.82, 2.24) is 10.2 Å². The number of ether oxygens (including phenoxy) is 1. The topological polar surface area (TPSA) is 75.7 Å². The molecule has 1 aliphatic carbocycles. The second kappa shape index (κ2) is 6.59. The summed E-state index contributed by atoms with van der Waals surface area (Å²) in [6.45, 7) is 4.98. The van der Waals surface area contributed by atoms with Gasteiger partial charge in [-0.05, 0) is 37.5 Å². The summed E-state index contributed by atoms with van der Waals surface area (Å²) in [6, 6.07) is -0.451. The van der Waals surface area contributed by atoms with E-state index in [0.29, 0.717) is 24.9 Å². The van der Waals surface area contributed by atoms with Gasteiger partial charge in [0, 0.05) is 19.1 Å². The number of rotatable bonds is 5. The van der Waals surface area contributed by atoms with Gasteiger partial charge in [0.1, 0.15) is 6.04 Å². The van der Waals surface area contributed by atoms with Gasteiger partial charge in [0.05, 0.1) is 12.5 Å². The van der Waals surface area contributed by atoms with Crippen LogP contribution in [0, 0.1) is 11.8 Å². The van der Waals surface area contributed by atoms with E-state index in [1.54, 1.807) is 4.90 Å². The molecule has 0 spiro atoms. The first kappa shape index (κ1) is 16.4. The maximum atomic E-state index is 12.8. The van der Waals surface area contributed by atoms with Crippen molar-refractivity contribution in [3.05, 3.63) is 0 Å². The van der Waals surface area contributed by atoms with Crippen molar-refractivity contribution in [1.29, 1.82) is 0 Å². The molecular weight excluding hydrogens is 296 g/mol. The van der Waals surface area contributed by atoms with Gasteiger partial charge >= 0.3 is 0 Å². The van der Waals surface area contributed by atoms with Crippen LogP contribution in [-0.4, -0.2) is 47.4 Å². The molecule has 3 atom stereocenters. The van der Waals surface area contributed by atoms with Gasteiger partial charge in [-0.15, -0.1) is 0 Å². The van der Waals surface area contributed by atoms with E-state index in [0.717, 1.165) is 25.7 Å². The van der Waals surface area contributed by atoms with Crippen LogP contribution < -0.4 is 5.32 Å². The lowest BCUT2D eigenvalue weighted by molar-refractivity contribution is -0.141. The summed E-state index contributed by atoms with van der Waals surface area (Å²) < 4.78 is 5.77. The Kier molecular flexibility index (Phi) is 4.71. The van der Waals surface area contributed by atoms with Crippen molar-refractivity contribution >= 4 is 17.7 Å². The predicted octanol–water partition coefficient (Wildman–Crippen LogP) is 1.23. The lowest BCUT2D eigenvalue weighted by Crippen LogP contribution is -2.46. The van der Waals surface area contributed by atoms with E-state index < -0.39 is 6.04 Å². The summed E-state index contributed by atoms with van der Waals surface area (Å²) >= 11 is 0. The van der Waals surface area contributed by atoms with Crippen LogP contribution >= 0.6 is 0 Å². The monoisotopic (exact) mass is 322 g/mol. The minimum atomic E-state index is -0.594. The third kappa shape index (κ3) is 3.74. The zero-order valence-electron chi connectivity index (χ0n) is 13.9. The zero-order chi connectivity index (χ0) is 16.6. The average Bonchev–Trinajstić information content (AvgIpc) is 3.25. The van der Waals surface area contributed by atoms with Crippen LogP contribution in [0.4, 0.5) is 0 Å². The lowest BCUT2D eigenvalue weighted by Gasteiger charge is -2.34. The molecule has 3 aliphatic rings. The first-order valence-corrected chi connectivity index (χ1v) is 8.72. The van der Waals surface area contributed by atoms with E-state index >= 15 is 0 Å². The van der Waals surface area contributed by atoms with Gasteiger partial charge in [0.2, 0.25) is 17.7 Å². The summed E-state index contributed by atoms with van der Waals surface area (Å²) in [5.74, 6) is 0.194. The van der Waals surface area contributed by atoms with E-state index in [4.69, 9.17) is 4.74 Å². The van der Waals surface area contributed by atoms with Crippen molar-refractivity contribution < 1.29 is 19.1 Å². The molecule has 1 N–H and O–H groups in total. The fourth-order valence-electron chi connectivity index (χ4n) is 3.65. The Morgan fingerprint density at radius 2 is 2.04 bits per heavy atom. The highest BCUT2D eigenvalue weighted by atomic mass is 16.5. The zero-order valence-corrected chi connectivity index (χ0v) is 13.9. The molecule has 0 aromatic rings. The van der Waals surface area contributed by atoms with E-state index in [1.165, 1.54) is 0 Å². The Morgan fingerprint density at radius 3 is 2.61 bits per heavy atom. The number of nitrogens with zero attached hydrogens (tertiary/aromatic N) is 1. The summed E-state index contributed by atoms with van der Waals surface area (Å²) in [6.07, 6.45) is 4.45. The highest BCUT2D eigenvalue weighted by Gasteiger charge is 2.45. The molecule has 0 unspecified atom stereocenters. The second-order valence-electron chi connectivity index (χ2n) is 7.41. The summed E-state index contributed by atoms with van der Waals surface area (Å²) in [4.78, 5) is 37.9. The number of amides is 3. The number of carbonyl (C=O) groups excluding carboxylic acids is 3. The molecule has 0 aromatic carbocycles. The van der Waals surface area contributed by atoms with E-state index in [2.05, 4.69) is 19.2 Å². The first-order valence-electron chi connectivity index (χ1n) is 8.72. The molecular formula is C17H26N2O4. The van der Waals surface area contributed by atoms with Crippen molar-refractivity contribution in [2.75, 3.05) is 6.61 Å². The largest absolute Gasteiger partial charge is 0.378 e. The van der Waals surface area contributed by atoms with Crippen molar-refractivity contribution in [3.8, 4) is 0 Å². The average molecular weight is 322 g/mol. The molecule has 6 nitrogen and oxygen atoms in total. The lowest BCUT2D eigenvalue weighted by atomic mass is 9.87. The molecule has 0 aromatic heterocycles. The van der Waals surface area contributed by atoms with Crippen LogP contribution in [0.1, 0.15) is 52.4 Å². The molecule has 6 heteroatoms. The smallest absolute Gasteiger partial charge is 0.249 e. The number of hydrogen-bond donors (Lipinski definition) is 1. The van der Waals surface area contributed by atoms with E-state index in [1.807, 2.05) is 0 Å². The van der Waals surface area contributed by atoms with Gasteiger partial charge in [-0.25, -0.2) is 0 Å². The fraction of sp³-hybridized carbons (Fsp3) is 0.824. The third-order valence-corrected chi connectivity index (χ3v) is 5.14. The van der Waals surface area contributed by atoms with Crippen LogP contribution in [0.2, 0.25) is 0 Å². The van der Waals surface area contributed by atoms with E-state index in [9.17, 15) is 14.4 Å². The van der Waals surface area contributed by atoms with Crippen LogP contribution in [0.5, 0.6) is 0 Å². The molecule has 2 saturated heterocycles. The highest BCUT2D eigenvalue weighted by Crippen LogP contribution is 2.34. The van der Waals surface area contributed by atoms with Crippen molar-refractivity contribution in [2.24, 2.45) is 11.8 Å². The molecule has 3 fully saturated rings. The normalized spacial score (nSPS) is 31.3. The van der Waals surface area contributed by atoms with Crippen LogP contribution in [-0.2, 0) is 19.1 Å². The molecule has 128 valence electrons. The van der Waals surface area contributed by atoms with Gasteiger partial charge in [-0.2, -0.15) is 0 Å². The number of imide groups is 1. The maximum absolute atomic E-state index is 12.8. The second-order valence-corrected chi connectivity index (χ2v) is 7.41. The van der Waals surface area contributed by atoms with Gasteiger partial charge in [-0.3, -0.25) is 19.7 Å². The summed E-state index contributed by atoms with van der Waals surface area (Å²) in [5, 5.41) is 2.32. The minimum Gasteiger partial charge on any atom is -0.378 e. The fourth-order valence-corrected chi connectivity index (χ4v) is 3.65. The van der Waals surface area contributed by atoms with Gasteiger partial charge in [-0.1, -0.05) is 13.8 Å². The Labute approximate surface area is 136 Å². The Balaban J connectivity index is 1.63. The van der Waals surface area contributed by atoms with Crippen molar-refractivity contribution in [3.63, 3.8) is 0 Å². The van der Waals surface area contributed by atoms with Gasteiger partial charge < -0.3 is 9.64 Å². The van der Waals surface area contributed by atoms with Gasteiger partial charge in [0.25, 0.3) is 0 Å². The third-order valence-electron chi connectivity index (χ3n) is 5.14. The quantitative estimate of drug-likeness (QED) is 0.773. The Morgan fingerprint density at radius 1 is 1.30 bits per heavy atom. The molecule has 1 saturated carbocycles. The maximum Gasteiger partial charge on any atom is 0.249 e. The molecule has 0 bridgehead atoms. The Bertz CT molecular complexity index is 501. The number of nitrogens with one attached hydrogen (secondary N) is 1. The molecule has 23 heavy (non-hydrogen) atoms. The van der Waals surface area contributed by atoms with Crippen molar-refractivity contribution in [2.45, 2.75) is 70.6 Å². The SMILES string of the molecule is CC(C)[C@@H]1C[C@@H](CC(=O)N(C2CC2)[C@@H]2CC(=O)NC2=O)CCO1.